The third-order valence-electron chi connectivity index (χ3n) is 2.69. The molecule has 2 atom stereocenters. The van der Waals surface area contributed by atoms with Gasteiger partial charge in [0.15, 0.2) is 0 Å². The molecular formula is C11H19N3O5. The molecule has 1 aliphatic rings. The normalized spacial score (nSPS) is 17.2. The van der Waals surface area contributed by atoms with Crippen molar-refractivity contribution >= 4 is 17.9 Å². The fourth-order valence-corrected chi connectivity index (χ4v) is 1.40. The first kappa shape index (κ1) is 15.2. The Morgan fingerprint density at radius 3 is 2.37 bits per heavy atom. The van der Waals surface area contributed by atoms with Crippen LogP contribution in [0.15, 0.2) is 0 Å². The van der Waals surface area contributed by atoms with Crippen molar-refractivity contribution in [1.82, 2.24) is 16.0 Å². The maximum absolute atomic E-state index is 11.6. The van der Waals surface area contributed by atoms with E-state index in [-0.39, 0.29) is 25.0 Å². The molecule has 1 fully saturated rings. The van der Waals surface area contributed by atoms with Crippen molar-refractivity contribution < 1.29 is 24.6 Å². The average Bonchev–Trinajstić information content (AvgIpc) is 3.11. The van der Waals surface area contributed by atoms with E-state index in [0.717, 1.165) is 12.8 Å². The fraction of sp³-hybridized carbons (Fsp3) is 0.727. The molecule has 0 saturated heterocycles. The number of aliphatic hydroxyl groups excluding tert-OH is 1. The summed E-state index contributed by atoms with van der Waals surface area (Å²) in [4.78, 5) is 33.8. The summed E-state index contributed by atoms with van der Waals surface area (Å²) in [5.41, 5.74) is 0. The molecule has 8 heteroatoms. The zero-order valence-corrected chi connectivity index (χ0v) is 10.7. The van der Waals surface area contributed by atoms with Crippen LogP contribution in [0.2, 0.25) is 0 Å². The van der Waals surface area contributed by atoms with Gasteiger partial charge in [0.1, 0.15) is 12.1 Å². The fourth-order valence-electron chi connectivity index (χ4n) is 1.40. The summed E-state index contributed by atoms with van der Waals surface area (Å²) in [7, 11) is 0. The van der Waals surface area contributed by atoms with Crippen molar-refractivity contribution in [1.29, 1.82) is 0 Å². The van der Waals surface area contributed by atoms with Crippen LogP contribution >= 0.6 is 0 Å². The lowest BCUT2D eigenvalue weighted by Crippen LogP contribution is -2.52. The molecule has 0 heterocycles. The lowest BCUT2D eigenvalue weighted by Gasteiger charge is -2.17. The second-order valence-corrected chi connectivity index (χ2v) is 4.53. The number of aliphatic hydroxyl groups is 1. The molecule has 0 spiro atoms. The Balaban J connectivity index is 2.35. The number of hydrogen-bond acceptors (Lipinski definition) is 4. The first-order valence-corrected chi connectivity index (χ1v) is 6.15. The molecule has 3 amide bonds. The monoisotopic (exact) mass is 273 g/mol. The van der Waals surface area contributed by atoms with Crippen molar-refractivity contribution in [2.24, 2.45) is 0 Å². The van der Waals surface area contributed by atoms with Crippen molar-refractivity contribution in [3.8, 4) is 0 Å². The SMILES string of the molecule is CC(NC(=O)N[C@H](CCO)C(=O)O)C(=O)NC1CC1. The van der Waals surface area contributed by atoms with Crippen LogP contribution in [-0.4, -0.2) is 52.9 Å². The molecule has 0 aromatic heterocycles. The first-order chi connectivity index (χ1) is 8.93. The molecule has 0 aliphatic heterocycles. The smallest absolute Gasteiger partial charge is 0.326 e. The van der Waals surface area contributed by atoms with E-state index in [9.17, 15) is 14.4 Å². The Bertz CT molecular complexity index is 356. The summed E-state index contributed by atoms with van der Waals surface area (Å²) < 4.78 is 0. The molecule has 8 nitrogen and oxygen atoms in total. The molecule has 1 saturated carbocycles. The summed E-state index contributed by atoms with van der Waals surface area (Å²) in [5.74, 6) is -1.54. The summed E-state index contributed by atoms with van der Waals surface area (Å²) in [6.07, 6.45) is 1.80. The number of rotatable bonds is 7. The highest BCUT2D eigenvalue weighted by Crippen LogP contribution is 2.18. The molecule has 0 aromatic carbocycles. The highest BCUT2D eigenvalue weighted by molar-refractivity contribution is 5.88. The van der Waals surface area contributed by atoms with Crippen LogP contribution in [0.1, 0.15) is 26.2 Å². The Kier molecular flexibility index (Phi) is 5.56. The average molecular weight is 273 g/mol. The maximum Gasteiger partial charge on any atom is 0.326 e. The van der Waals surface area contributed by atoms with Crippen molar-refractivity contribution in [3.63, 3.8) is 0 Å². The largest absolute Gasteiger partial charge is 0.480 e. The predicted molar refractivity (Wildman–Crippen MR) is 65.4 cm³/mol. The number of amides is 3. The molecule has 108 valence electrons. The number of carboxylic acids is 1. The van der Waals surface area contributed by atoms with Gasteiger partial charge in [-0.25, -0.2) is 9.59 Å². The van der Waals surface area contributed by atoms with Gasteiger partial charge >= 0.3 is 12.0 Å². The lowest BCUT2D eigenvalue weighted by molar-refractivity contribution is -0.139. The maximum atomic E-state index is 11.6. The van der Waals surface area contributed by atoms with E-state index in [1.807, 2.05) is 0 Å². The number of carboxylic acid groups (broad SMARTS) is 1. The van der Waals surface area contributed by atoms with E-state index < -0.39 is 24.1 Å². The zero-order valence-electron chi connectivity index (χ0n) is 10.7. The van der Waals surface area contributed by atoms with Crippen LogP contribution in [-0.2, 0) is 9.59 Å². The second-order valence-electron chi connectivity index (χ2n) is 4.53. The van der Waals surface area contributed by atoms with Crippen LogP contribution in [0, 0.1) is 0 Å². The number of aliphatic carboxylic acids is 1. The number of nitrogens with one attached hydrogen (secondary N) is 3. The Hall–Kier alpha value is -1.83. The van der Waals surface area contributed by atoms with E-state index in [2.05, 4.69) is 16.0 Å². The van der Waals surface area contributed by atoms with Gasteiger partial charge in [-0.05, 0) is 19.8 Å². The van der Waals surface area contributed by atoms with Crippen LogP contribution in [0.3, 0.4) is 0 Å². The predicted octanol–water partition coefficient (Wildman–Crippen LogP) is -1.21. The molecule has 5 N–H and O–H groups in total. The molecule has 0 radical (unpaired) electrons. The number of carbonyl (C=O) groups is 3. The third-order valence-corrected chi connectivity index (χ3v) is 2.69. The van der Waals surface area contributed by atoms with E-state index in [1.165, 1.54) is 6.92 Å². The molecule has 0 aromatic rings. The topological polar surface area (TPSA) is 128 Å². The minimum atomic E-state index is -1.24. The van der Waals surface area contributed by atoms with Gasteiger partial charge in [0.05, 0.1) is 0 Å². The van der Waals surface area contributed by atoms with Gasteiger partial charge in [0.25, 0.3) is 0 Å². The van der Waals surface area contributed by atoms with E-state index in [1.54, 1.807) is 0 Å². The Morgan fingerprint density at radius 2 is 1.89 bits per heavy atom. The Labute approximate surface area is 110 Å². The summed E-state index contributed by atoms with van der Waals surface area (Å²) in [6, 6.07) is -2.48. The summed E-state index contributed by atoms with van der Waals surface area (Å²) >= 11 is 0. The van der Waals surface area contributed by atoms with Crippen LogP contribution in [0.25, 0.3) is 0 Å². The quantitative estimate of drug-likeness (QED) is 0.397. The van der Waals surface area contributed by atoms with Crippen LogP contribution < -0.4 is 16.0 Å². The number of carbonyl (C=O) groups excluding carboxylic acids is 2. The molecule has 0 bridgehead atoms. The minimum Gasteiger partial charge on any atom is -0.480 e. The number of hydrogen-bond donors (Lipinski definition) is 5. The van der Waals surface area contributed by atoms with E-state index in [4.69, 9.17) is 10.2 Å². The van der Waals surface area contributed by atoms with Gasteiger partial charge in [-0.2, -0.15) is 0 Å². The molecule has 1 aliphatic carbocycles. The van der Waals surface area contributed by atoms with Gasteiger partial charge in [0, 0.05) is 19.1 Å². The van der Waals surface area contributed by atoms with Crippen molar-refractivity contribution in [3.05, 3.63) is 0 Å². The van der Waals surface area contributed by atoms with Gasteiger partial charge < -0.3 is 26.2 Å². The van der Waals surface area contributed by atoms with Gasteiger partial charge in [-0.3, -0.25) is 4.79 Å². The first-order valence-electron chi connectivity index (χ1n) is 6.15. The third kappa shape index (κ3) is 5.56. The zero-order chi connectivity index (χ0) is 14.4. The van der Waals surface area contributed by atoms with E-state index in [0.29, 0.717) is 0 Å². The van der Waals surface area contributed by atoms with E-state index >= 15 is 0 Å². The highest BCUT2D eigenvalue weighted by atomic mass is 16.4. The van der Waals surface area contributed by atoms with Crippen LogP contribution in [0.4, 0.5) is 4.79 Å². The highest BCUT2D eigenvalue weighted by Gasteiger charge is 2.27. The summed E-state index contributed by atoms with van der Waals surface area (Å²) in [5, 5.41) is 24.7. The Morgan fingerprint density at radius 1 is 1.26 bits per heavy atom. The van der Waals surface area contributed by atoms with Gasteiger partial charge in [0.2, 0.25) is 5.91 Å². The second kappa shape index (κ2) is 6.93. The molecular weight excluding hydrogens is 254 g/mol. The van der Waals surface area contributed by atoms with Crippen molar-refractivity contribution in [2.45, 2.75) is 44.3 Å². The molecule has 1 rings (SSSR count). The summed E-state index contributed by atoms with van der Waals surface area (Å²) in [6.45, 7) is 1.16. The van der Waals surface area contributed by atoms with Crippen LogP contribution in [0.5, 0.6) is 0 Å². The van der Waals surface area contributed by atoms with Crippen molar-refractivity contribution in [2.75, 3.05) is 6.61 Å². The van der Waals surface area contributed by atoms with Gasteiger partial charge in [-0.15, -0.1) is 0 Å². The lowest BCUT2D eigenvalue weighted by atomic mass is 10.2. The van der Waals surface area contributed by atoms with Gasteiger partial charge in [-0.1, -0.05) is 0 Å². The minimum absolute atomic E-state index is 0.0919. The standard InChI is InChI=1S/C11H19N3O5/c1-6(9(16)13-7-2-3-7)12-11(19)14-8(4-5-15)10(17)18/h6-8,15H,2-5H2,1H3,(H,13,16)(H,17,18)(H2,12,14,19)/t6?,8-/m1/s1. The molecule has 19 heavy (non-hydrogen) atoms. The number of urea groups is 1. The molecule has 1 unspecified atom stereocenters.